The molecule has 0 fully saturated rings. The van der Waals surface area contributed by atoms with Crippen LogP contribution < -0.4 is 5.32 Å². The molecule has 0 spiro atoms. The van der Waals surface area contributed by atoms with Gasteiger partial charge in [0.25, 0.3) is 0 Å². The minimum absolute atomic E-state index is 0.0336. The van der Waals surface area contributed by atoms with Gasteiger partial charge in [-0.3, -0.25) is 0 Å². The first-order valence-corrected chi connectivity index (χ1v) is 7.36. The number of nitrogens with one attached hydrogen (secondary N) is 1. The summed E-state index contributed by atoms with van der Waals surface area (Å²) in [7, 11) is 0. The maximum Gasteiger partial charge on any atom is 0.201 e. The van der Waals surface area contributed by atoms with Gasteiger partial charge in [0.2, 0.25) is 5.88 Å². The number of hydrogen-bond donors (Lipinski definition) is 2. The highest BCUT2D eigenvalue weighted by Gasteiger charge is 2.16. The first kappa shape index (κ1) is 15.1. The van der Waals surface area contributed by atoms with Crippen LogP contribution in [0.1, 0.15) is 11.3 Å². The van der Waals surface area contributed by atoms with Crippen molar-refractivity contribution in [3.8, 4) is 5.75 Å². The molecule has 1 aliphatic rings. The van der Waals surface area contributed by atoms with E-state index >= 15 is 0 Å². The molecule has 0 amide bonds. The van der Waals surface area contributed by atoms with Crippen molar-refractivity contribution in [2.75, 3.05) is 5.32 Å². The summed E-state index contributed by atoms with van der Waals surface area (Å²) in [6.07, 6.45) is 4.87. The molecular formula is C18H11F2N3O2. The number of allylic oxidation sites excluding steroid dienone is 1. The van der Waals surface area contributed by atoms with E-state index in [-0.39, 0.29) is 23.1 Å². The molecule has 0 atom stereocenters. The molecule has 0 bridgehead atoms. The van der Waals surface area contributed by atoms with Gasteiger partial charge in [-0.15, -0.1) is 0 Å². The van der Waals surface area contributed by atoms with Crippen LogP contribution in [0.15, 0.2) is 52.0 Å². The van der Waals surface area contributed by atoms with Crippen LogP contribution in [-0.4, -0.2) is 16.3 Å². The van der Waals surface area contributed by atoms with Crippen molar-refractivity contribution >= 4 is 35.3 Å². The van der Waals surface area contributed by atoms with E-state index < -0.39 is 11.6 Å². The smallest absolute Gasteiger partial charge is 0.201 e. The SMILES string of the molecule is Oc1cc(Nc2ccc(F)cc2F)oc1C=C1C=Nc2ncccc21. The number of furan rings is 1. The van der Waals surface area contributed by atoms with E-state index in [0.717, 1.165) is 23.3 Å². The molecule has 0 saturated carbocycles. The fraction of sp³-hybridized carbons (Fsp3) is 0. The van der Waals surface area contributed by atoms with Crippen LogP contribution in [0.5, 0.6) is 5.75 Å². The highest BCUT2D eigenvalue weighted by molar-refractivity contribution is 6.20. The number of aliphatic imine (C=N–C) groups is 1. The van der Waals surface area contributed by atoms with Crippen LogP contribution in [-0.2, 0) is 0 Å². The van der Waals surface area contributed by atoms with Gasteiger partial charge in [0, 0.05) is 35.7 Å². The van der Waals surface area contributed by atoms with Gasteiger partial charge in [-0.1, -0.05) is 0 Å². The minimum Gasteiger partial charge on any atom is -0.504 e. The molecule has 2 aromatic heterocycles. The Morgan fingerprint density at radius 2 is 2.04 bits per heavy atom. The largest absolute Gasteiger partial charge is 0.504 e. The Morgan fingerprint density at radius 3 is 2.88 bits per heavy atom. The number of benzene rings is 1. The van der Waals surface area contributed by atoms with E-state index in [1.165, 1.54) is 12.1 Å². The maximum atomic E-state index is 13.7. The second-order valence-corrected chi connectivity index (χ2v) is 5.34. The van der Waals surface area contributed by atoms with Gasteiger partial charge >= 0.3 is 0 Å². The summed E-state index contributed by atoms with van der Waals surface area (Å²) in [5.74, 6) is -0.670. The molecule has 4 rings (SSSR count). The number of aromatic nitrogens is 1. The van der Waals surface area contributed by atoms with Gasteiger partial charge in [0.15, 0.2) is 17.3 Å². The minimum atomic E-state index is -0.765. The first-order chi connectivity index (χ1) is 12.1. The lowest BCUT2D eigenvalue weighted by Gasteiger charge is -2.03. The standard InChI is InChI=1S/C18H11F2N3O2/c19-11-3-4-14(13(20)7-11)23-17-8-15(24)16(25-17)6-10-9-22-18-12(10)2-1-5-21-18/h1-9,23-24H. The number of hydrogen-bond acceptors (Lipinski definition) is 5. The molecule has 0 aliphatic carbocycles. The van der Waals surface area contributed by atoms with E-state index in [1.54, 1.807) is 24.6 Å². The summed E-state index contributed by atoms with van der Waals surface area (Å²) in [5, 5.41) is 12.7. The predicted molar refractivity (Wildman–Crippen MR) is 90.3 cm³/mol. The van der Waals surface area contributed by atoms with E-state index in [4.69, 9.17) is 4.42 Å². The fourth-order valence-corrected chi connectivity index (χ4v) is 2.47. The summed E-state index contributed by atoms with van der Waals surface area (Å²) in [4.78, 5) is 8.31. The topological polar surface area (TPSA) is 70.7 Å². The normalized spacial score (nSPS) is 14.1. The highest BCUT2D eigenvalue weighted by atomic mass is 19.1. The Kier molecular flexibility index (Phi) is 3.53. The molecule has 2 N–H and O–H groups in total. The molecule has 1 aliphatic heterocycles. The Labute approximate surface area is 141 Å². The van der Waals surface area contributed by atoms with Crippen LogP contribution in [0.25, 0.3) is 11.6 Å². The maximum absolute atomic E-state index is 13.7. The third kappa shape index (κ3) is 2.87. The van der Waals surface area contributed by atoms with Crippen LogP contribution in [0.3, 0.4) is 0 Å². The predicted octanol–water partition coefficient (Wildman–Crippen LogP) is 4.66. The lowest BCUT2D eigenvalue weighted by Crippen LogP contribution is -1.92. The Hall–Kier alpha value is -3.48. The van der Waals surface area contributed by atoms with Crippen molar-refractivity contribution in [2.45, 2.75) is 0 Å². The number of anilines is 2. The summed E-state index contributed by atoms with van der Waals surface area (Å²) in [5.41, 5.74) is 1.58. The second-order valence-electron chi connectivity index (χ2n) is 5.34. The zero-order valence-electron chi connectivity index (χ0n) is 12.7. The molecule has 0 saturated heterocycles. The number of nitrogens with zero attached hydrogens (tertiary/aromatic N) is 2. The molecule has 1 aromatic carbocycles. The quantitative estimate of drug-likeness (QED) is 0.728. The van der Waals surface area contributed by atoms with Crippen LogP contribution in [0.2, 0.25) is 0 Å². The summed E-state index contributed by atoms with van der Waals surface area (Å²) < 4.78 is 32.1. The Bertz CT molecular complexity index is 1020. The third-order valence-electron chi connectivity index (χ3n) is 3.64. The average molecular weight is 339 g/mol. The molecular weight excluding hydrogens is 328 g/mol. The number of rotatable bonds is 3. The fourth-order valence-electron chi connectivity index (χ4n) is 2.47. The molecule has 0 unspecified atom stereocenters. The van der Waals surface area contributed by atoms with Crippen molar-refractivity contribution < 1.29 is 18.3 Å². The molecule has 3 aromatic rings. The van der Waals surface area contributed by atoms with E-state index in [9.17, 15) is 13.9 Å². The van der Waals surface area contributed by atoms with Crippen molar-refractivity contribution in [1.82, 2.24) is 4.98 Å². The molecule has 7 heteroatoms. The van der Waals surface area contributed by atoms with Gasteiger partial charge in [-0.05, 0) is 30.3 Å². The molecule has 3 heterocycles. The van der Waals surface area contributed by atoms with Gasteiger partial charge < -0.3 is 14.8 Å². The van der Waals surface area contributed by atoms with Crippen molar-refractivity contribution in [2.24, 2.45) is 4.99 Å². The zero-order valence-corrected chi connectivity index (χ0v) is 12.7. The van der Waals surface area contributed by atoms with Gasteiger partial charge in [-0.2, -0.15) is 0 Å². The van der Waals surface area contributed by atoms with E-state index in [2.05, 4.69) is 15.3 Å². The number of fused-ring (bicyclic) bond motifs is 1. The summed E-state index contributed by atoms with van der Waals surface area (Å²) in [6.45, 7) is 0. The Morgan fingerprint density at radius 1 is 1.16 bits per heavy atom. The second kappa shape index (κ2) is 5.86. The number of halogens is 2. The first-order valence-electron chi connectivity index (χ1n) is 7.36. The Balaban J connectivity index is 1.63. The van der Waals surface area contributed by atoms with E-state index in [1.807, 2.05) is 6.07 Å². The van der Waals surface area contributed by atoms with Crippen LogP contribution in [0.4, 0.5) is 26.2 Å². The van der Waals surface area contributed by atoms with Crippen molar-refractivity contribution in [3.05, 3.63) is 65.6 Å². The van der Waals surface area contributed by atoms with Crippen LogP contribution >= 0.6 is 0 Å². The number of aromatic hydroxyl groups is 1. The average Bonchev–Trinajstić information content (AvgIpc) is 3.15. The van der Waals surface area contributed by atoms with Gasteiger partial charge in [0.1, 0.15) is 11.6 Å². The highest BCUT2D eigenvalue weighted by Crippen LogP contribution is 2.35. The summed E-state index contributed by atoms with van der Waals surface area (Å²) in [6, 6.07) is 8.07. The molecule has 25 heavy (non-hydrogen) atoms. The van der Waals surface area contributed by atoms with E-state index in [0.29, 0.717) is 5.82 Å². The lowest BCUT2D eigenvalue weighted by molar-refractivity contribution is 0.455. The molecule has 5 nitrogen and oxygen atoms in total. The van der Waals surface area contributed by atoms with Crippen molar-refractivity contribution in [3.63, 3.8) is 0 Å². The molecule has 124 valence electrons. The monoisotopic (exact) mass is 339 g/mol. The van der Waals surface area contributed by atoms with Gasteiger partial charge in [0.05, 0.1) is 5.69 Å². The van der Waals surface area contributed by atoms with Crippen LogP contribution in [0, 0.1) is 11.6 Å². The molecule has 0 radical (unpaired) electrons. The van der Waals surface area contributed by atoms with Crippen molar-refractivity contribution in [1.29, 1.82) is 0 Å². The summed E-state index contributed by atoms with van der Waals surface area (Å²) >= 11 is 0. The van der Waals surface area contributed by atoms with Gasteiger partial charge in [-0.25, -0.2) is 18.8 Å². The lowest BCUT2D eigenvalue weighted by atomic mass is 10.1. The zero-order chi connectivity index (χ0) is 17.4. The third-order valence-corrected chi connectivity index (χ3v) is 3.64. The number of pyridine rings is 1.